The topological polar surface area (TPSA) is 73.2 Å². The smallest absolute Gasteiger partial charge is 0.271 e. The second kappa shape index (κ2) is 9.63. The molecule has 1 N–H and O–H groups in total. The van der Waals surface area contributed by atoms with E-state index in [4.69, 9.17) is 4.74 Å². The average molecular weight is 424 g/mol. The number of rotatable bonds is 7. The second-order valence-corrected chi connectivity index (χ2v) is 8.23. The molecule has 0 fully saturated rings. The van der Waals surface area contributed by atoms with Crippen molar-refractivity contribution in [3.63, 3.8) is 0 Å². The lowest BCUT2D eigenvalue weighted by Gasteiger charge is -2.15. The largest absolute Gasteiger partial charge is 0.492 e. The normalized spacial score (nSPS) is 11.7. The van der Waals surface area contributed by atoms with Gasteiger partial charge in [-0.3, -0.25) is 9.59 Å². The molecule has 1 amide bonds. The Kier molecular flexibility index (Phi) is 6.95. The van der Waals surface area contributed by atoms with E-state index in [9.17, 15) is 9.59 Å². The van der Waals surface area contributed by atoms with Gasteiger partial charge in [0.25, 0.3) is 5.56 Å². The van der Waals surface area contributed by atoms with Crippen LogP contribution in [0.25, 0.3) is 5.69 Å². The summed E-state index contributed by atoms with van der Waals surface area (Å²) in [5, 5.41) is 7.53. The van der Waals surface area contributed by atoms with Crippen LogP contribution in [0.2, 0.25) is 0 Å². The Morgan fingerprint density at radius 3 is 2.63 bits per heavy atom. The lowest BCUT2D eigenvalue weighted by Crippen LogP contribution is -2.24. The highest BCUT2D eigenvalue weighted by atomic mass is 32.2. The molecule has 0 radical (unpaired) electrons. The average Bonchev–Trinajstić information content (AvgIpc) is 2.73. The Bertz CT molecular complexity index is 1110. The van der Waals surface area contributed by atoms with Crippen molar-refractivity contribution in [3.05, 3.63) is 76.1 Å². The maximum atomic E-state index is 12.7. The van der Waals surface area contributed by atoms with Gasteiger partial charge < -0.3 is 10.1 Å². The van der Waals surface area contributed by atoms with Crippen LogP contribution in [0.5, 0.6) is 5.75 Å². The molecule has 0 aliphatic carbocycles. The zero-order chi connectivity index (χ0) is 21.7. The van der Waals surface area contributed by atoms with Crippen LogP contribution in [0.1, 0.15) is 25.0 Å². The number of benzene rings is 2. The zero-order valence-electron chi connectivity index (χ0n) is 17.5. The van der Waals surface area contributed by atoms with Gasteiger partial charge in [-0.15, -0.1) is 0 Å². The van der Waals surface area contributed by atoms with Gasteiger partial charge in [0.05, 0.1) is 23.2 Å². The van der Waals surface area contributed by atoms with E-state index in [0.29, 0.717) is 28.8 Å². The first kappa shape index (κ1) is 21.6. The number of ether oxygens (including phenoxy) is 1. The minimum absolute atomic E-state index is 0.169. The Hall–Kier alpha value is -3.06. The summed E-state index contributed by atoms with van der Waals surface area (Å²) < 4.78 is 6.92. The van der Waals surface area contributed by atoms with Crippen molar-refractivity contribution >= 4 is 23.4 Å². The standard InChI is InChI=1S/C23H25N3O3S/c1-5-29-20-9-7-6-8-19(20)24-23(28)17(4)30-21-12-13-22(27)26(25-21)18-11-10-15(2)16(3)14-18/h6-14,17H,5H2,1-4H3,(H,24,28)/t17-/m0/s1. The van der Waals surface area contributed by atoms with E-state index in [-0.39, 0.29) is 11.5 Å². The molecule has 156 valence electrons. The third-order valence-corrected chi connectivity index (χ3v) is 5.65. The van der Waals surface area contributed by atoms with Crippen LogP contribution in [-0.2, 0) is 4.79 Å². The molecule has 7 heteroatoms. The molecule has 3 aromatic rings. The van der Waals surface area contributed by atoms with Crippen molar-refractivity contribution in [1.82, 2.24) is 9.78 Å². The molecule has 0 aliphatic rings. The Labute approximate surface area is 180 Å². The van der Waals surface area contributed by atoms with Gasteiger partial charge in [0.1, 0.15) is 10.8 Å². The summed E-state index contributed by atoms with van der Waals surface area (Å²) in [4.78, 5) is 25.0. The van der Waals surface area contributed by atoms with Crippen LogP contribution in [0.15, 0.2) is 64.4 Å². The van der Waals surface area contributed by atoms with Crippen molar-refractivity contribution in [2.75, 3.05) is 11.9 Å². The maximum absolute atomic E-state index is 12.7. The van der Waals surface area contributed by atoms with Crippen LogP contribution in [0.3, 0.4) is 0 Å². The highest BCUT2D eigenvalue weighted by molar-refractivity contribution is 8.00. The molecular weight excluding hydrogens is 398 g/mol. The second-order valence-electron chi connectivity index (χ2n) is 6.87. The molecule has 3 rings (SSSR count). The number of para-hydroxylation sites is 2. The first-order chi connectivity index (χ1) is 14.4. The Morgan fingerprint density at radius 2 is 1.90 bits per heavy atom. The summed E-state index contributed by atoms with van der Waals surface area (Å²) in [6.07, 6.45) is 0. The van der Waals surface area contributed by atoms with Crippen LogP contribution in [0, 0.1) is 13.8 Å². The van der Waals surface area contributed by atoms with E-state index in [1.165, 1.54) is 22.5 Å². The van der Waals surface area contributed by atoms with Gasteiger partial charge in [-0.25, -0.2) is 0 Å². The molecule has 0 bridgehead atoms. The SMILES string of the molecule is CCOc1ccccc1NC(=O)[C@H](C)Sc1ccc(=O)n(-c2ccc(C)c(C)c2)n1. The molecular formula is C23H25N3O3S. The van der Waals surface area contributed by atoms with Crippen molar-refractivity contribution in [2.24, 2.45) is 0 Å². The van der Waals surface area contributed by atoms with Crippen molar-refractivity contribution < 1.29 is 9.53 Å². The number of amides is 1. The summed E-state index contributed by atoms with van der Waals surface area (Å²) in [5.41, 5.74) is 3.35. The number of hydrogen-bond acceptors (Lipinski definition) is 5. The van der Waals surface area contributed by atoms with E-state index in [2.05, 4.69) is 10.4 Å². The van der Waals surface area contributed by atoms with Crippen LogP contribution >= 0.6 is 11.8 Å². The highest BCUT2D eigenvalue weighted by Gasteiger charge is 2.18. The van der Waals surface area contributed by atoms with Crippen LogP contribution in [0.4, 0.5) is 5.69 Å². The molecule has 6 nitrogen and oxygen atoms in total. The number of nitrogens with one attached hydrogen (secondary N) is 1. The van der Waals surface area contributed by atoms with Crippen LogP contribution < -0.4 is 15.6 Å². The predicted molar refractivity (Wildman–Crippen MR) is 121 cm³/mol. The van der Waals surface area contributed by atoms with Crippen molar-refractivity contribution in [3.8, 4) is 11.4 Å². The van der Waals surface area contributed by atoms with E-state index < -0.39 is 5.25 Å². The highest BCUT2D eigenvalue weighted by Crippen LogP contribution is 2.26. The quantitative estimate of drug-likeness (QED) is 0.572. The summed E-state index contributed by atoms with van der Waals surface area (Å²) >= 11 is 1.29. The molecule has 1 aromatic heterocycles. The number of hydrogen-bond donors (Lipinski definition) is 1. The fraction of sp³-hybridized carbons (Fsp3) is 0.261. The number of aromatic nitrogens is 2. The van der Waals surface area contributed by atoms with Crippen molar-refractivity contribution in [1.29, 1.82) is 0 Å². The fourth-order valence-corrected chi connectivity index (χ4v) is 3.62. The van der Waals surface area contributed by atoms with E-state index in [1.54, 1.807) is 19.1 Å². The van der Waals surface area contributed by atoms with Gasteiger partial charge in [-0.05, 0) is 69.2 Å². The minimum atomic E-state index is -0.419. The van der Waals surface area contributed by atoms with Gasteiger partial charge in [0.2, 0.25) is 5.91 Å². The molecule has 30 heavy (non-hydrogen) atoms. The number of carbonyl (C=O) groups excluding carboxylic acids is 1. The third kappa shape index (κ3) is 5.10. The summed E-state index contributed by atoms with van der Waals surface area (Å²) in [6, 6.07) is 16.2. The fourth-order valence-electron chi connectivity index (χ4n) is 2.82. The van der Waals surface area contributed by atoms with E-state index >= 15 is 0 Å². The molecule has 0 saturated heterocycles. The number of aryl methyl sites for hydroxylation is 2. The Morgan fingerprint density at radius 1 is 1.13 bits per heavy atom. The minimum Gasteiger partial charge on any atom is -0.492 e. The lowest BCUT2D eigenvalue weighted by molar-refractivity contribution is -0.115. The Balaban J connectivity index is 1.77. The third-order valence-electron chi connectivity index (χ3n) is 4.62. The first-order valence-corrected chi connectivity index (χ1v) is 10.6. The first-order valence-electron chi connectivity index (χ1n) is 9.76. The molecule has 1 heterocycles. The molecule has 0 spiro atoms. The maximum Gasteiger partial charge on any atom is 0.271 e. The molecule has 1 atom stereocenters. The van der Waals surface area contributed by atoms with E-state index in [1.807, 2.05) is 57.2 Å². The predicted octanol–water partition coefficient (Wildman–Crippen LogP) is 4.37. The van der Waals surface area contributed by atoms with Crippen LogP contribution in [-0.4, -0.2) is 27.5 Å². The molecule has 0 aliphatic heterocycles. The van der Waals surface area contributed by atoms with Gasteiger partial charge >= 0.3 is 0 Å². The monoisotopic (exact) mass is 423 g/mol. The summed E-state index contributed by atoms with van der Waals surface area (Å²) in [5.74, 6) is 0.463. The number of anilines is 1. The van der Waals surface area contributed by atoms with Gasteiger partial charge in [0.15, 0.2) is 0 Å². The summed E-state index contributed by atoms with van der Waals surface area (Å²) in [7, 11) is 0. The van der Waals surface area contributed by atoms with Crippen molar-refractivity contribution in [2.45, 2.75) is 38.0 Å². The van der Waals surface area contributed by atoms with Gasteiger partial charge in [0, 0.05) is 6.07 Å². The number of carbonyl (C=O) groups is 1. The number of thioether (sulfide) groups is 1. The van der Waals surface area contributed by atoms with E-state index in [0.717, 1.165) is 11.1 Å². The molecule has 0 saturated carbocycles. The summed E-state index contributed by atoms with van der Waals surface area (Å²) in [6.45, 7) is 8.23. The van der Waals surface area contributed by atoms with Gasteiger partial charge in [-0.1, -0.05) is 30.0 Å². The van der Waals surface area contributed by atoms with Gasteiger partial charge in [-0.2, -0.15) is 9.78 Å². The lowest BCUT2D eigenvalue weighted by atomic mass is 10.1. The zero-order valence-corrected chi connectivity index (χ0v) is 18.3. The molecule has 0 unspecified atom stereocenters. The molecule has 2 aromatic carbocycles. The number of nitrogens with zero attached hydrogens (tertiary/aromatic N) is 2.